The van der Waals surface area contributed by atoms with Gasteiger partial charge in [0, 0.05) is 17.2 Å². The van der Waals surface area contributed by atoms with E-state index in [2.05, 4.69) is 22.0 Å². The highest BCUT2D eigenvalue weighted by Gasteiger charge is 2.48. The first-order valence-corrected chi connectivity index (χ1v) is 10.4. The third kappa shape index (κ3) is 4.21. The Morgan fingerprint density at radius 3 is 2.29 bits per heavy atom. The summed E-state index contributed by atoms with van der Waals surface area (Å²) in [7, 11) is 2.98. The van der Waals surface area contributed by atoms with Crippen LogP contribution in [0.15, 0.2) is 54.6 Å². The molecule has 0 saturated carbocycles. The monoisotopic (exact) mass is 464 g/mol. The molecule has 0 bridgehead atoms. The van der Waals surface area contributed by atoms with Gasteiger partial charge in [0.05, 0.1) is 24.8 Å². The van der Waals surface area contributed by atoms with E-state index in [1.165, 1.54) is 19.1 Å². The van der Waals surface area contributed by atoms with Crippen LogP contribution in [0.3, 0.4) is 0 Å². The van der Waals surface area contributed by atoms with Crippen molar-refractivity contribution in [1.29, 1.82) is 0 Å². The first-order chi connectivity index (χ1) is 16.2. The Kier molecular flexibility index (Phi) is 6.28. The van der Waals surface area contributed by atoms with Gasteiger partial charge in [-0.3, -0.25) is 14.6 Å². The Hall–Kier alpha value is -3.87. The molecule has 7 nitrogen and oxygen atoms in total. The maximum Gasteiger partial charge on any atom is 0.233 e. The average molecular weight is 464 g/mol. The molecule has 1 saturated heterocycles. The Morgan fingerprint density at radius 1 is 1.06 bits per heavy atom. The molecule has 2 atom stereocenters. The van der Waals surface area contributed by atoms with Crippen LogP contribution in [-0.2, 0) is 10.3 Å². The van der Waals surface area contributed by atoms with Gasteiger partial charge >= 0.3 is 0 Å². The average Bonchev–Trinajstić information content (AvgIpc) is 2.83. The fourth-order valence-corrected chi connectivity index (χ4v) is 3.82. The number of ether oxygens (including phenoxy) is 1. The number of hydrogen-bond acceptors (Lipinski definition) is 6. The quantitative estimate of drug-likeness (QED) is 0.601. The van der Waals surface area contributed by atoms with Crippen LogP contribution < -0.4 is 9.64 Å². The number of amides is 1. The molecule has 1 amide bonds. The van der Waals surface area contributed by atoms with E-state index in [9.17, 15) is 9.90 Å². The molecule has 4 rings (SSSR count). The molecule has 174 valence electrons. The lowest BCUT2D eigenvalue weighted by Gasteiger charge is -2.49. The number of carbonyl (C=O) groups excluding carboxylic acids is 1. The molecule has 1 N–H and O–H groups in total. The van der Waals surface area contributed by atoms with Crippen LogP contribution >= 0.6 is 0 Å². The molecule has 1 aliphatic rings. The summed E-state index contributed by atoms with van der Waals surface area (Å²) in [5.41, 5.74) is -0.516. The fraction of sp³-hybridized carbons (Fsp3) is 0.240. The molecule has 2 heterocycles. The summed E-state index contributed by atoms with van der Waals surface area (Å²) in [6.45, 7) is 1.69. The fourth-order valence-electron chi connectivity index (χ4n) is 3.82. The van der Waals surface area contributed by atoms with E-state index in [0.29, 0.717) is 22.0 Å². The lowest BCUT2D eigenvalue weighted by molar-refractivity contribution is -0.141. The van der Waals surface area contributed by atoms with E-state index in [-0.39, 0.29) is 12.0 Å². The number of anilines is 1. The first-order valence-electron chi connectivity index (χ1n) is 10.4. The minimum Gasteiger partial charge on any atom is -0.480 e. The van der Waals surface area contributed by atoms with Crippen LogP contribution in [0.25, 0.3) is 0 Å². The van der Waals surface area contributed by atoms with Crippen LogP contribution in [0.4, 0.5) is 14.5 Å². The maximum atomic E-state index is 15.0. The minimum atomic E-state index is -1.65. The molecule has 9 heteroatoms. The summed E-state index contributed by atoms with van der Waals surface area (Å²) in [4.78, 5) is 15.2. The molecule has 1 aromatic heterocycles. The van der Waals surface area contributed by atoms with Gasteiger partial charge in [-0.2, -0.15) is 0 Å². The second-order valence-corrected chi connectivity index (χ2v) is 8.04. The Morgan fingerprint density at radius 2 is 1.71 bits per heavy atom. The molecule has 0 radical (unpaired) electrons. The summed E-state index contributed by atoms with van der Waals surface area (Å²) in [5.74, 6) is 3.15. The number of aliphatic hydroxyl groups is 1. The predicted octanol–water partition coefficient (Wildman–Crippen LogP) is 3.02. The van der Waals surface area contributed by atoms with Gasteiger partial charge in [0.1, 0.15) is 5.69 Å². The van der Waals surface area contributed by atoms with Gasteiger partial charge < -0.3 is 9.84 Å². The van der Waals surface area contributed by atoms with Gasteiger partial charge in [-0.25, -0.2) is 8.78 Å². The van der Waals surface area contributed by atoms with E-state index in [1.807, 2.05) is 6.07 Å². The molecule has 1 unspecified atom stereocenters. The summed E-state index contributed by atoms with van der Waals surface area (Å²) < 4.78 is 35.1. The molecular weight excluding hydrogens is 442 g/mol. The van der Waals surface area contributed by atoms with Crippen LogP contribution in [0.1, 0.15) is 30.2 Å². The summed E-state index contributed by atoms with van der Waals surface area (Å²) in [5, 5.41) is 18.9. The zero-order chi connectivity index (χ0) is 24.5. The van der Waals surface area contributed by atoms with Gasteiger partial charge in [0.2, 0.25) is 11.8 Å². The minimum absolute atomic E-state index is 0.105. The molecule has 3 aromatic rings. The van der Waals surface area contributed by atoms with Crippen molar-refractivity contribution in [3.8, 4) is 17.7 Å². The highest BCUT2D eigenvalue weighted by Crippen LogP contribution is 2.39. The molecule has 0 spiro atoms. The van der Waals surface area contributed by atoms with Crippen LogP contribution in [0.2, 0.25) is 0 Å². The molecular formula is C25H22F2N4O3. The number of methoxy groups -OCH3 is 1. The Balaban J connectivity index is 1.65. The summed E-state index contributed by atoms with van der Waals surface area (Å²) in [6, 6.07) is 14.3. The van der Waals surface area contributed by atoms with Crippen molar-refractivity contribution in [3.63, 3.8) is 0 Å². The van der Waals surface area contributed by atoms with E-state index < -0.39 is 35.1 Å². The Labute approximate surface area is 195 Å². The topological polar surface area (TPSA) is 78.8 Å². The molecule has 1 aliphatic heterocycles. The summed E-state index contributed by atoms with van der Waals surface area (Å²) in [6.07, 6.45) is -1.85. The number of benzene rings is 2. The molecule has 34 heavy (non-hydrogen) atoms. The van der Waals surface area contributed by atoms with E-state index in [4.69, 9.17) is 4.74 Å². The smallest absolute Gasteiger partial charge is 0.233 e. The van der Waals surface area contributed by atoms with Gasteiger partial charge in [-0.15, -0.1) is 10.2 Å². The third-order valence-corrected chi connectivity index (χ3v) is 5.90. The zero-order valence-electron chi connectivity index (χ0n) is 18.8. The van der Waals surface area contributed by atoms with Gasteiger partial charge in [0.15, 0.2) is 18.0 Å². The number of nitrogens with zero attached hydrogens (tertiary/aromatic N) is 4. The maximum absolute atomic E-state index is 15.0. The van der Waals surface area contributed by atoms with Gasteiger partial charge in [-0.1, -0.05) is 30.0 Å². The largest absolute Gasteiger partial charge is 0.480 e. The van der Waals surface area contributed by atoms with E-state index in [0.717, 1.165) is 12.1 Å². The van der Waals surface area contributed by atoms with Crippen molar-refractivity contribution in [1.82, 2.24) is 15.1 Å². The normalized spacial score (nSPS) is 20.6. The van der Waals surface area contributed by atoms with E-state index in [1.54, 1.807) is 43.3 Å². The van der Waals surface area contributed by atoms with Gasteiger partial charge in [0.25, 0.3) is 0 Å². The van der Waals surface area contributed by atoms with E-state index >= 15 is 8.78 Å². The number of aromatic nitrogens is 2. The van der Waals surface area contributed by atoms with Crippen molar-refractivity contribution in [2.24, 2.45) is 0 Å². The number of rotatable bonds is 3. The third-order valence-electron chi connectivity index (χ3n) is 5.90. The van der Waals surface area contributed by atoms with Crippen molar-refractivity contribution >= 4 is 11.6 Å². The highest BCUT2D eigenvalue weighted by atomic mass is 19.1. The number of carbonyl (C=O) groups is 1. The zero-order valence-corrected chi connectivity index (χ0v) is 18.8. The lowest BCUT2D eigenvalue weighted by Crippen LogP contribution is -2.63. The Bertz CT molecular complexity index is 1250. The molecule has 2 aromatic carbocycles. The van der Waals surface area contributed by atoms with Crippen molar-refractivity contribution in [2.45, 2.75) is 25.2 Å². The van der Waals surface area contributed by atoms with Crippen LogP contribution in [0.5, 0.6) is 5.88 Å². The lowest BCUT2D eigenvalue weighted by atomic mass is 9.88. The van der Waals surface area contributed by atoms with Crippen molar-refractivity contribution in [3.05, 3.63) is 83.1 Å². The highest BCUT2D eigenvalue weighted by molar-refractivity contribution is 5.95. The van der Waals surface area contributed by atoms with Crippen molar-refractivity contribution < 1.29 is 23.4 Å². The second-order valence-electron chi connectivity index (χ2n) is 8.04. The SMILES string of the molecule is COc1ccc([C@]2(C)CC(=O)N(c3c(F)cc(C#Cc4ccccc4)cc3F)C(O)N2C)nn1. The standard InChI is InChI=1S/C25H22F2N4O3/c1-25(20-11-12-21(34-3)29-28-20)15-22(32)31(24(33)30(25)2)23-18(26)13-17(14-19(23)27)10-9-16-7-5-4-6-8-16/h4-8,11-14,24,33H,15H2,1-3H3/t24?,25-/m0/s1. The number of aliphatic hydroxyl groups excluding tert-OH is 1. The number of hydrogen-bond donors (Lipinski definition) is 1. The molecule has 0 aliphatic carbocycles. The first kappa shape index (κ1) is 23.3. The van der Waals surface area contributed by atoms with Gasteiger partial charge in [-0.05, 0) is 44.3 Å². The number of halogens is 2. The van der Waals surface area contributed by atoms with Crippen LogP contribution in [0, 0.1) is 23.5 Å². The predicted molar refractivity (Wildman–Crippen MR) is 121 cm³/mol. The second kappa shape index (κ2) is 9.17. The van der Waals surface area contributed by atoms with Crippen LogP contribution in [-0.4, -0.2) is 46.6 Å². The van der Waals surface area contributed by atoms with Crippen molar-refractivity contribution in [2.75, 3.05) is 19.1 Å². The molecule has 1 fully saturated rings. The summed E-state index contributed by atoms with van der Waals surface area (Å²) >= 11 is 0.